The smallest absolute Gasteiger partial charge is 0.160 e. The zero-order valence-electron chi connectivity index (χ0n) is 27.6. The van der Waals surface area contributed by atoms with E-state index in [4.69, 9.17) is 4.42 Å². The second-order valence-electron chi connectivity index (χ2n) is 13.3. The Hall–Kier alpha value is -6.84. The van der Waals surface area contributed by atoms with Gasteiger partial charge in [0.15, 0.2) is 5.58 Å². The van der Waals surface area contributed by atoms with Crippen molar-refractivity contribution in [2.75, 3.05) is 0 Å². The molecule has 3 aromatic heterocycles. The molecule has 0 aliphatic carbocycles. The predicted molar refractivity (Wildman–Crippen MR) is 213 cm³/mol. The van der Waals surface area contributed by atoms with Gasteiger partial charge >= 0.3 is 0 Å². The highest BCUT2D eigenvalue weighted by Crippen LogP contribution is 2.41. The minimum absolute atomic E-state index is 0.910. The van der Waals surface area contributed by atoms with Gasteiger partial charge in [0.25, 0.3) is 0 Å². The van der Waals surface area contributed by atoms with Crippen LogP contribution in [0.5, 0.6) is 0 Å². The van der Waals surface area contributed by atoms with Gasteiger partial charge in [0, 0.05) is 43.7 Å². The fourth-order valence-electron chi connectivity index (χ4n) is 8.16. The molecule has 3 nitrogen and oxygen atoms in total. The third-order valence-electron chi connectivity index (χ3n) is 10.5. The van der Waals surface area contributed by atoms with Crippen molar-refractivity contribution in [2.45, 2.75) is 0 Å². The highest BCUT2D eigenvalue weighted by Gasteiger charge is 2.19. The molecule has 0 aliphatic rings. The summed E-state index contributed by atoms with van der Waals surface area (Å²) in [6.07, 6.45) is 0. The summed E-state index contributed by atoms with van der Waals surface area (Å²) < 4.78 is 11.3. The van der Waals surface area contributed by atoms with Gasteiger partial charge in [-0.1, -0.05) is 127 Å². The first-order chi connectivity index (χ1) is 25.3. The van der Waals surface area contributed by atoms with E-state index >= 15 is 0 Å². The molecule has 51 heavy (non-hydrogen) atoms. The van der Waals surface area contributed by atoms with Crippen LogP contribution in [0.15, 0.2) is 186 Å². The molecule has 238 valence electrons. The Bertz CT molecular complexity index is 3100. The minimum Gasteiger partial charge on any atom is -0.454 e. The van der Waals surface area contributed by atoms with E-state index in [1.165, 1.54) is 60.3 Å². The third kappa shape index (κ3) is 4.19. The van der Waals surface area contributed by atoms with E-state index in [1.807, 2.05) is 6.07 Å². The van der Waals surface area contributed by atoms with E-state index in [0.29, 0.717) is 0 Å². The Morgan fingerprint density at radius 3 is 1.53 bits per heavy atom. The second-order valence-corrected chi connectivity index (χ2v) is 13.3. The van der Waals surface area contributed by atoms with Crippen molar-refractivity contribution in [2.24, 2.45) is 0 Å². The Kier molecular flexibility index (Phi) is 5.96. The van der Waals surface area contributed by atoms with Gasteiger partial charge in [-0.15, -0.1) is 0 Å². The summed E-state index contributed by atoms with van der Waals surface area (Å²) in [6, 6.07) is 65.4. The maximum atomic E-state index is 6.55. The van der Waals surface area contributed by atoms with Crippen LogP contribution in [0.3, 0.4) is 0 Å². The lowest BCUT2D eigenvalue weighted by molar-refractivity contribution is 0.671. The van der Waals surface area contributed by atoms with Gasteiger partial charge in [0.05, 0.1) is 22.1 Å². The molecule has 0 unspecified atom stereocenters. The number of nitrogens with zero attached hydrogens (tertiary/aromatic N) is 2. The molecular formula is C48H30N2O. The first kappa shape index (κ1) is 28.0. The molecule has 11 rings (SSSR count). The Labute approximate surface area is 293 Å². The first-order valence-electron chi connectivity index (χ1n) is 17.4. The molecule has 0 amide bonds. The fraction of sp³-hybridized carbons (Fsp3) is 0. The molecular weight excluding hydrogens is 621 g/mol. The molecule has 8 aromatic carbocycles. The van der Waals surface area contributed by atoms with Gasteiger partial charge in [0.2, 0.25) is 0 Å². The van der Waals surface area contributed by atoms with Crippen LogP contribution in [0, 0.1) is 0 Å². The molecule has 0 saturated carbocycles. The Balaban J connectivity index is 1.01. The number of para-hydroxylation sites is 3. The van der Waals surface area contributed by atoms with Crippen molar-refractivity contribution in [3.8, 4) is 33.6 Å². The molecule has 0 atom stereocenters. The van der Waals surface area contributed by atoms with Crippen LogP contribution < -0.4 is 0 Å². The molecule has 11 aromatic rings. The maximum absolute atomic E-state index is 6.55. The van der Waals surface area contributed by atoms with E-state index in [2.05, 4.69) is 185 Å². The lowest BCUT2D eigenvalue weighted by atomic mass is 10.0. The number of hydrogen-bond donors (Lipinski definition) is 0. The molecule has 0 radical (unpaired) electrons. The number of rotatable bonds is 4. The number of aromatic nitrogens is 2. The van der Waals surface area contributed by atoms with Crippen LogP contribution in [0.1, 0.15) is 0 Å². The topological polar surface area (TPSA) is 23.0 Å². The van der Waals surface area contributed by atoms with Crippen molar-refractivity contribution in [1.29, 1.82) is 0 Å². The molecule has 0 saturated heterocycles. The summed E-state index contributed by atoms with van der Waals surface area (Å²) in [5, 5.41) is 7.21. The van der Waals surface area contributed by atoms with E-state index in [-0.39, 0.29) is 0 Å². The lowest BCUT2D eigenvalue weighted by Crippen LogP contribution is -1.95. The van der Waals surface area contributed by atoms with Crippen LogP contribution in [-0.2, 0) is 0 Å². The van der Waals surface area contributed by atoms with Crippen LogP contribution in [0.2, 0.25) is 0 Å². The Morgan fingerprint density at radius 1 is 0.314 bits per heavy atom. The summed E-state index contributed by atoms with van der Waals surface area (Å²) in [5.41, 5.74) is 13.6. The van der Waals surface area contributed by atoms with E-state index in [9.17, 15) is 0 Å². The summed E-state index contributed by atoms with van der Waals surface area (Å²) in [6.45, 7) is 0. The zero-order chi connectivity index (χ0) is 33.5. The number of fused-ring (bicyclic) bond motifs is 10. The van der Waals surface area contributed by atoms with Crippen molar-refractivity contribution >= 4 is 65.6 Å². The molecule has 0 N–H and O–H groups in total. The zero-order valence-corrected chi connectivity index (χ0v) is 27.6. The highest BCUT2D eigenvalue weighted by atomic mass is 16.3. The van der Waals surface area contributed by atoms with Crippen molar-refractivity contribution in [3.63, 3.8) is 0 Å². The Morgan fingerprint density at radius 2 is 0.804 bits per heavy atom. The van der Waals surface area contributed by atoms with Gasteiger partial charge < -0.3 is 13.6 Å². The van der Waals surface area contributed by atoms with Crippen molar-refractivity contribution < 1.29 is 4.42 Å². The average Bonchev–Trinajstić information content (AvgIpc) is 3.86. The van der Waals surface area contributed by atoms with E-state index in [1.54, 1.807) is 0 Å². The first-order valence-corrected chi connectivity index (χ1v) is 17.4. The SMILES string of the molecule is c1ccc(-c2ccc3c4ccccc4n(-c4ccc(-c5ccc(-n6c7ccccc7c7ccc8c9ccccc9oc8c76)cc5)cc4)c3c2)cc1. The lowest BCUT2D eigenvalue weighted by Gasteiger charge is -2.12. The van der Waals surface area contributed by atoms with Crippen LogP contribution in [0.4, 0.5) is 0 Å². The van der Waals surface area contributed by atoms with Gasteiger partial charge in [-0.05, 0) is 76.9 Å². The fourth-order valence-corrected chi connectivity index (χ4v) is 8.16. The highest BCUT2D eigenvalue weighted by molar-refractivity contribution is 6.21. The van der Waals surface area contributed by atoms with Crippen LogP contribution in [0.25, 0.3) is 99.2 Å². The van der Waals surface area contributed by atoms with Gasteiger partial charge in [-0.25, -0.2) is 0 Å². The number of benzene rings is 8. The van der Waals surface area contributed by atoms with Crippen molar-refractivity contribution in [1.82, 2.24) is 9.13 Å². The van der Waals surface area contributed by atoms with Gasteiger partial charge in [-0.3, -0.25) is 0 Å². The summed E-state index contributed by atoms with van der Waals surface area (Å²) in [5.74, 6) is 0. The van der Waals surface area contributed by atoms with Crippen LogP contribution >= 0.6 is 0 Å². The van der Waals surface area contributed by atoms with Crippen LogP contribution in [-0.4, -0.2) is 9.13 Å². The molecule has 0 bridgehead atoms. The van der Waals surface area contributed by atoms with E-state index in [0.717, 1.165) is 38.8 Å². The van der Waals surface area contributed by atoms with Gasteiger partial charge in [-0.2, -0.15) is 0 Å². The third-order valence-corrected chi connectivity index (χ3v) is 10.5. The quantitative estimate of drug-likeness (QED) is 0.186. The van der Waals surface area contributed by atoms with E-state index < -0.39 is 0 Å². The maximum Gasteiger partial charge on any atom is 0.160 e. The monoisotopic (exact) mass is 650 g/mol. The van der Waals surface area contributed by atoms with Crippen molar-refractivity contribution in [3.05, 3.63) is 182 Å². The summed E-state index contributed by atoms with van der Waals surface area (Å²) >= 11 is 0. The summed E-state index contributed by atoms with van der Waals surface area (Å²) in [4.78, 5) is 0. The second kappa shape index (κ2) is 10.8. The molecule has 0 spiro atoms. The standard InChI is InChI=1S/C48H30N2O/c1-2-10-31(11-3-1)34-22-27-39-37-12-4-7-15-43(37)49(45(39)30-34)35-23-18-32(19-24-35)33-20-25-36(26-21-33)50-44-16-8-5-13-38(44)41-28-29-42-40-14-6-9-17-46(40)51-48(42)47(41)50/h1-30H. The molecule has 3 heteroatoms. The predicted octanol–water partition coefficient (Wildman–Crippen LogP) is 13.1. The number of hydrogen-bond acceptors (Lipinski definition) is 1. The minimum atomic E-state index is 0.910. The summed E-state index contributed by atoms with van der Waals surface area (Å²) in [7, 11) is 0. The molecule has 3 heterocycles. The average molecular weight is 651 g/mol. The van der Waals surface area contributed by atoms with Gasteiger partial charge in [0.1, 0.15) is 5.58 Å². The molecule has 0 aliphatic heterocycles. The molecule has 0 fully saturated rings. The number of furan rings is 1. The normalized spacial score (nSPS) is 11.9. The largest absolute Gasteiger partial charge is 0.454 e.